The third-order valence-corrected chi connectivity index (χ3v) is 5.86. The molecule has 5 nitrogen and oxygen atoms in total. The Balaban J connectivity index is 2.06. The van der Waals surface area contributed by atoms with Crippen molar-refractivity contribution in [3.05, 3.63) is 21.4 Å². The lowest BCUT2D eigenvalue weighted by Crippen LogP contribution is -2.35. The topological polar surface area (TPSA) is 59.5 Å². The lowest BCUT2D eigenvalue weighted by Gasteiger charge is -2.32. The zero-order chi connectivity index (χ0) is 17.6. The molecular weight excluding hydrogens is 372 g/mol. The van der Waals surface area contributed by atoms with Crippen LogP contribution in [0.1, 0.15) is 54.9 Å². The molecule has 2 fully saturated rings. The molecular formula is C18H23BrN2O3. The van der Waals surface area contributed by atoms with E-state index in [-0.39, 0.29) is 6.10 Å². The molecule has 2 aliphatic rings. The van der Waals surface area contributed by atoms with Crippen molar-refractivity contribution >= 4 is 33.4 Å². The highest BCUT2D eigenvalue weighted by molar-refractivity contribution is 9.10. The Morgan fingerprint density at radius 2 is 1.96 bits per heavy atom. The van der Waals surface area contributed by atoms with Crippen LogP contribution in [0, 0.1) is 19.8 Å². The number of pyridine rings is 1. The summed E-state index contributed by atoms with van der Waals surface area (Å²) in [4.78, 5) is 31.7. The number of carbonyl (C=O) groups is 2. The Morgan fingerprint density at radius 3 is 2.50 bits per heavy atom. The van der Waals surface area contributed by atoms with Crippen molar-refractivity contribution in [2.75, 3.05) is 11.4 Å². The molecule has 0 N–H and O–H groups in total. The number of rotatable bonds is 4. The average molecular weight is 395 g/mol. The monoisotopic (exact) mass is 394 g/mol. The van der Waals surface area contributed by atoms with Gasteiger partial charge in [0.25, 0.3) is 5.78 Å². The molecule has 1 aromatic rings. The van der Waals surface area contributed by atoms with E-state index in [0.29, 0.717) is 23.2 Å². The average Bonchev–Trinajstić information content (AvgIpc) is 3.12. The summed E-state index contributed by atoms with van der Waals surface area (Å²) in [7, 11) is 0. The standard InChI is InChI=1S/C18H23BrN2O3/c1-9(2)24-18(23)17(22)14-10(3)20-11(4)15(19)16(14)21-8-12-5-6-13(21)7-12/h9,12-13H,5-8H2,1-4H3. The van der Waals surface area contributed by atoms with Gasteiger partial charge in [0.05, 0.1) is 33.2 Å². The van der Waals surface area contributed by atoms with E-state index in [0.717, 1.165) is 35.2 Å². The molecule has 3 rings (SSSR count). The molecule has 6 heteroatoms. The number of aryl methyl sites for hydroxylation is 2. The highest BCUT2D eigenvalue weighted by Gasteiger charge is 2.41. The van der Waals surface area contributed by atoms with Gasteiger partial charge < -0.3 is 9.64 Å². The minimum Gasteiger partial charge on any atom is -0.457 e. The van der Waals surface area contributed by atoms with Gasteiger partial charge in [-0.25, -0.2) is 4.79 Å². The van der Waals surface area contributed by atoms with Crippen LogP contribution in [0.15, 0.2) is 4.47 Å². The second kappa shape index (κ2) is 6.47. The highest BCUT2D eigenvalue weighted by atomic mass is 79.9. The van der Waals surface area contributed by atoms with Gasteiger partial charge in [0.1, 0.15) is 0 Å². The van der Waals surface area contributed by atoms with Crippen molar-refractivity contribution in [2.45, 2.75) is 59.1 Å². The summed E-state index contributed by atoms with van der Waals surface area (Å²) >= 11 is 3.61. The van der Waals surface area contributed by atoms with Gasteiger partial charge in [-0.1, -0.05) is 0 Å². The summed E-state index contributed by atoms with van der Waals surface area (Å²) in [5, 5.41) is 0. The fourth-order valence-corrected chi connectivity index (χ4v) is 4.43. The van der Waals surface area contributed by atoms with E-state index in [1.807, 2.05) is 6.92 Å². The van der Waals surface area contributed by atoms with Gasteiger partial charge in [-0.15, -0.1) is 0 Å². The molecule has 0 amide bonds. The molecule has 0 radical (unpaired) electrons. The first kappa shape index (κ1) is 17.4. The Bertz CT molecular complexity index is 702. The minimum absolute atomic E-state index is 0.324. The number of ether oxygens (including phenoxy) is 1. The van der Waals surface area contributed by atoms with Gasteiger partial charge in [-0.3, -0.25) is 9.78 Å². The fraction of sp³-hybridized carbons (Fsp3) is 0.611. The molecule has 1 saturated heterocycles. The van der Waals surface area contributed by atoms with E-state index < -0.39 is 11.8 Å². The zero-order valence-corrected chi connectivity index (χ0v) is 16.1. The number of Topliss-reactive ketones (excluding diaryl/α,β-unsaturated/α-hetero) is 1. The first-order valence-corrected chi connectivity index (χ1v) is 9.27. The van der Waals surface area contributed by atoms with Crippen LogP contribution in [-0.4, -0.2) is 35.4 Å². The van der Waals surface area contributed by atoms with Crippen LogP contribution in [0.4, 0.5) is 5.69 Å². The second-order valence-corrected chi connectivity index (χ2v) is 7.88. The number of ketones is 1. The number of hydrogen-bond acceptors (Lipinski definition) is 5. The number of esters is 1. The predicted octanol–water partition coefficient (Wildman–Crippen LogP) is 3.58. The molecule has 2 heterocycles. The summed E-state index contributed by atoms with van der Waals surface area (Å²) in [6.07, 6.45) is 3.23. The predicted molar refractivity (Wildman–Crippen MR) is 95.4 cm³/mol. The van der Waals surface area contributed by atoms with Crippen molar-refractivity contribution in [1.29, 1.82) is 0 Å². The Kier molecular flexibility index (Phi) is 4.69. The van der Waals surface area contributed by atoms with Crippen LogP contribution in [0.25, 0.3) is 0 Å². The molecule has 2 bridgehead atoms. The van der Waals surface area contributed by atoms with Crippen LogP contribution in [0.5, 0.6) is 0 Å². The van der Waals surface area contributed by atoms with Crippen LogP contribution in [0.2, 0.25) is 0 Å². The number of hydrogen-bond donors (Lipinski definition) is 0. The SMILES string of the molecule is Cc1nc(C)c(C(=O)C(=O)OC(C)C)c(N2CC3CCC2C3)c1Br. The molecule has 24 heavy (non-hydrogen) atoms. The Hall–Kier alpha value is -1.43. The van der Waals surface area contributed by atoms with Gasteiger partial charge in [-0.2, -0.15) is 0 Å². The number of carbonyl (C=O) groups excluding carboxylic acids is 2. The number of piperidine rings is 1. The molecule has 0 spiro atoms. The molecule has 2 unspecified atom stereocenters. The van der Waals surface area contributed by atoms with E-state index in [9.17, 15) is 9.59 Å². The van der Waals surface area contributed by atoms with Gasteiger partial charge in [0.2, 0.25) is 0 Å². The number of halogens is 1. The highest BCUT2D eigenvalue weighted by Crippen LogP contribution is 2.45. The van der Waals surface area contributed by atoms with Crippen molar-refractivity contribution in [3.63, 3.8) is 0 Å². The molecule has 1 aromatic heterocycles. The third kappa shape index (κ3) is 2.96. The van der Waals surface area contributed by atoms with Crippen molar-refractivity contribution in [1.82, 2.24) is 4.98 Å². The molecule has 130 valence electrons. The maximum Gasteiger partial charge on any atom is 0.380 e. The largest absolute Gasteiger partial charge is 0.457 e. The van der Waals surface area contributed by atoms with E-state index in [1.54, 1.807) is 20.8 Å². The number of fused-ring (bicyclic) bond motifs is 2. The number of anilines is 1. The summed E-state index contributed by atoms with van der Waals surface area (Å²) in [6, 6.07) is 0.445. The maximum atomic E-state index is 12.8. The van der Waals surface area contributed by atoms with E-state index in [4.69, 9.17) is 4.74 Å². The van der Waals surface area contributed by atoms with Crippen LogP contribution in [-0.2, 0) is 9.53 Å². The smallest absolute Gasteiger partial charge is 0.380 e. The van der Waals surface area contributed by atoms with Crippen LogP contribution >= 0.6 is 15.9 Å². The molecule has 0 aromatic carbocycles. The summed E-state index contributed by atoms with van der Waals surface area (Å²) < 4.78 is 5.93. The first-order valence-electron chi connectivity index (χ1n) is 8.48. The minimum atomic E-state index is -0.809. The van der Waals surface area contributed by atoms with Crippen molar-refractivity contribution < 1.29 is 14.3 Å². The normalized spacial score (nSPS) is 22.3. The summed E-state index contributed by atoms with van der Waals surface area (Å²) in [5.41, 5.74) is 2.61. The van der Waals surface area contributed by atoms with E-state index >= 15 is 0 Å². The van der Waals surface area contributed by atoms with Gasteiger partial charge >= 0.3 is 5.97 Å². The number of aromatic nitrogens is 1. The van der Waals surface area contributed by atoms with Crippen LogP contribution in [0.3, 0.4) is 0 Å². The van der Waals surface area contributed by atoms with Crippen molar-refractivity contribution in [3.8, 4) is 0 Å². The maximum absolute atomic E-state index is 12.8. The summed E-state index contributed by atoms with van der Waals surface area (Å²) in [6.45, 7) is 8.11. The lowest BCUT2D eigenvalue weighted by molar-refractivity contribution is -0.141. The second-order valence-electron chi connectivity index (χ2n) is 7.09. The molecule has 1 aliphatic heterocycles. The van der Waals surface area contributed by atoms with E-state index in [2.05, 4.69) is 25.8 Å². The van der Waals surface area contributed by atoms with Crippen LogP contribution < -0.4 is 4.90 Å². The Morgan fingerprint density at radius 1 is 1.25 bits per heavy atom. The van der Waals surface area contributed by atoms with Gasteiger partial charge in [0, 0.05) is 12.6 Å². The first-order chi connectivity index (χ1) is 11.3. The molecule has 1 aliphatic carbocycles. The fourth-order valence-electron chi connectivity index (χ4n) is 3.92. The quantitative estimate of drug-likeness (QED) is 0.443. The van der Waals surface area contributed by atoms with E-state index in [1.165, 1.54) is 6.42 Å². The van der Waals surface area contributed by atoms with Gasteiger partial charge in [0.15, 0.2) is 0 Å². The Labute approximate surface area is 150 Å². The molecule has 2 atom stereocenters. The third-order valence-electron chi connectivity index (χ3n) is 4.91. The molecule has 1 saturated carbocycles. The van der Waals surface area contributed by atoms with Crippen molar-refractivity contribution in [2.24, 2.45) is 5.92 Å². The summed E-state index contributed by atoms with van der Waals surface area (Å²) in [5.74, 6) is -0.732. The van der Waals surface area contributed by atoms with Gasteiger partial charge in [-0.05, 0) is 68.8 Å². The zero-order valence-electron chi connectivity index (χ0n) is 14.6. The lowest BCUT2D eigenvalue weighted by atomic mass is 10.0. The number of nitrogens with zero attached hydrogens (tertiary/aromatic N) is 2.